The molecule has 0 radical (unpaired) electrons. The Balaban J connectivity index is 1.88. The van der Waals surface area contributed by atoms with Gasteiger partial charge in [0.1, 0.15) is 11.5 Å². The van der Waals surface area contributed by atoms with Gasteiger partial charge in [-0.1, -0.05) is 24.6 Å². The first-order valence-electron chi connectivity index (χ1n) is 9.40. The van der Waals surface area contributed by atoms with E-state index in [1.807, 2.05) is 13.0 Å². The van der Waals surface area contributed by atoms with E-state index >= 15 is 0 Å². The Morgan fingerprint density at radius 2 is 2.04 bits per heavy atom. The predicted octanol–water partition coefficient (Wildman–Crippen LogP) is 5.13. The molecule has 0 spiro atoms. The fraction of sp³-hybridized carbons (Fsp3) is 0.381. The molecule has 1 amide bonds. The lowest BCUT2D eigenvalue weighted by Gasteiger charge is -2.22. The number of methoxy groups -OCH3 is 1. The lowest BCUT2D eigenvalue weighted by molar-refractivity contribution is 0.102. The molecule has 1 aliphatic rings. The van der Waals surface area contributed by atoms with Crippen LogP contribution in [0.15, 0.2) is 30.3 Å². The van der Waals surface area contributed by atoms with Crippen molar-refractivity contribution in [2.75, 3.05) is 37.0 Å². The molecule has 2 aromatic carbocycles. The summed E-state index contributed by atoms with van der Waals surface area (Å²) in [6.07, 6.45) is 2.92. The van der Waals surface area contributed by atoms with Gasteiger partial charge in [-0.15, -0.1) is 0 Å². The fourth-order valence-electron chi connectivity index (χ4n) is 3.24. The van der Waals surface area contributed by atoms with Crippen LogP contribution in [0.4, 0.5) is 15.8 Å². The first-order valence-corrected chi connectivity index (χ1v) is 9.78. The van der Waals surface area contributed by atoms with Gasteiger partial charge in [-0.05, 0) is 43.5 Å². The molecular weight excluding hydrogens is 383 g/mol. The van der Waals surface area contributed by atoms with Crippen molar-refractivity contribution < 1.29 is 18.7 Å². The Labute approximate surface area is 169 Å². The average Bonchev–Trinajstić information content (AvgIpc) is 3.22. The molecule has 7 heteroatoms. The normalized spacial score (nSPS) is 13.5. The first kappa shape index (κ1) is 20.3. The molecule has 0 saturated carbocycles. The van der Waals surface area contributed by atoms with Gasteiger partial charge >= 0.3 is 0 Å². The highest BCUT2D eigenvalue weighted by Crippen LogP contribution is 2.37. The highest BCUT2D eigenvalue weighted by atomic mass is 35.5. The van der Waals surface area contributed by atoms with Crippen molar-refractivity contribution in [2.45, 2.75) is 26.2 Å². The summed E-state index contributed by atoms with van der Waals surface area (Å²) in [5.41, 5.74) is 1.13. The number of hydrogen-bond donors (Lipinski definition) is 1. The zero-order valence-electron chi connectivity index (χ0n) is 16.1. The quantitative estimate of drug-likeness (QED) is 0.692. The van der Waals surface area contributed by atoms with Crippen LogP contribution >= 0.6 is 11.6 Å². The lowest BCUT2D eigenvalue weighted by atomic mass is 10.1. The number of rotatable bonds is 7. The maximum Gasteiger partial charge on any atom is 0.255 e. The van der Waals surface area contributed by atoms with Crippen molar-refractivity contribution in [2.24, 2.45) is 0 Å². The molecule has 1 aliphatic heterocycles. The van der Waals surface area contributed by atoms with E-state index in [4.69, 9.17) is 21.1 Å². The molecule has 0 bridgehead atoms. The SMILES string of the molecule is CCCOc1c(Cl)cc(C(=O)Nc2c(F)cccc2N2CCCC2)cc1OC. The highest BCUT2D eigenvalue weighted by molar-refractivity contribution is 6.32. The molecule has 150 valence electrons. The number of ether oxygens (including phenoxy) is 2. The average molecular weight is 407 g/mol. The Bertz CT molecular complexity index is 854. The highest BCUT2D eigenvalue weighted by Gasteiger charge is 2.21. The number of amides is 1. The Morgan fingerprint density at radius 3 is 2.71 bits per heavy atom. The molecule has 0 aromatic heterocycles. The van der Waals surface area contributed by atoms with E-state index in [2.05, 4.69) is 10.2 Å². The molecule has 0 atom stereocenters. The third-order valence-corrected chi connectivity index (χ3v) is 4.90. The van der Waals surface area contributed by atoms with Crippen molar-refractivity contribution in [1.82, 2.24) is 0 Å². The Hall–Kier alpha value is -2.47. The number of benzene rings is 2. The zero-order chi connectivity index (χ0) is 20.1. The fourth-order valence-corrected chi connectivity index (χ4v) is 3.50. The van der Waals surface area contributed by atoms with Crippen LogP contribution in [0.25, 0.3) is 0 Å². The second kappa shape index (κ2) is 9.15. The van der Waals surface area contributed by atoms with E-state index in [0.717, 1.165) is 32.4 Å². The van der Waals surface area contributed by atoms with E-state index < -0.39 is 11.7 Å². The van der Waals surface area contributed by atoms with Crippen molar-refractivity contribution in [1.29, 1.82) is 0 Å². The summed E-state index contributed by atoms with van der Waals surface area (Å²) in [5.74, 6) is -0.183. The van der Waals surface area contributed by atoms with Crippen LogP contribution < -0.4 is 19.7 Å². The number of anilines is 2. The van der Waals surface area contributed by atoms with Crippen LogP contribution in [0.1, 0.15) is 36.5 Å². The molecule has 1 heterocycles. The van der Waals surface area contributed by atoms with Crippen LogP contribution in [0.2, 0.25) is 5.02 Å². The minimum absolute atomic E-state index is 0.177. The molecular formula is C21H24ClFN2O3. The number of hydrogen-bond acceptors (Lipinski definition) is 4. The third-order valence-electron chi connectivity index (χ3n) is 4.62. The van der Waals surface area contributed by atoms with E-state index in [0.29, 0.717) is 23.8 Å². The number of nitrogens with one attached hydrogen (secondary N) is 1. The van der Waals surface area contributed by atoms with Crippen LogP contribution in [0.3, 0.4) is 0 Å². The maximum absolute atomic E-state index is 14.5. The largest absolute Gasteiger partial charge is 0.493 e. The summed E-state index contributed by atoms with van der Waals surface area (Å²) in [6.45, 7) is 4.15. The summed E-state index contributed by atoms with van der Waals surface area (Å²) in [7, 11) is 1.48. The van der Waals surface area contributed by atoms with Gasteiger partial charge < -0.3 is 19.7 Å². The van der Waals surface area contributed by atoms with Gasteiger partial charge in [0, 0.05) is 18.7 Å². The molecule has 28 heavy (non-hydrogen) atoms. The van der Waals surface area contributed by atoms with Gasteiger partial charge in [0.15, 0.2) is 11.5 Å². The summed E-state index contributed by atoms with van der Waals surface area (Å²) < 4.78 is 25.4. The third kappa shape index (κ3) is 4.33. The van der Waals surface area contributed by atoms with Gasteiger partial charge in [0.2, 0.25) is 0 Å². The second-order valence-corrected chi connectivity index (χ2v) is 7.03. The topological polar surface area (TPSA) is 50.8 Å². The van der Waals surface area contributed by atoms with Gasteiger partial charge in [-0.25, -0.2) is 4.39 Å². The Morgan fingerprint density at radius 1 is 1.29 bits per heavy atom. The van der Waals surface area contributed by atoms with Crippen molar-refractivity contribution >= 4 is 28.9 Å². The molecule has 1 fully saturated rings. The monoisotopic (exact) mass is 406 g/mol. The van der Waals surface area contributed by atoms with E-state index in [1.165, 1.54) is 19.2 Å². The zero-order valence-corrected chi connectivity index (χ0v) is 16.8. The van der Waals surface area contributed by atoms with Crippen molar-refractivity contribution in [3.63, 3.8) is 0 Å². The number of carbonyl (C=O) groups excluding carboxylic acids is 1. The van der Waals surface area contributed by atoms with Crippen molar-refractivity contribution in [3.05, 3.63) is 46.7 Å². The minimum Gasteiger partial charge on any atom is -0.493 e. The van der Waals surface area contributed by atoms with E-state index in [-0.39, 0.29) is 16.3 Å². The maximum atomic E-state index is 14.5. The first-order chi connectivity index (χ1) is 13.5. The number of halogens is 2. The summed E-state index contributed by atoms with van der Waals surface area (Å²) in [5, 5.41) is 2.97. The van der Waals surface area contributed by atoms with Gasteiger partial charge in [-0.2, -0.15) is 0 Å². The van der Waals surface area contributed by atoms with Gasteiger partial charge in [0.05, 0.1) is 24.4 Å². The molecule has 2 aromatic rings. The summed E-state index contributed by atoms with van der Waals surface area (Å²) in [4.78, 5) is 14.9. The van der Waals surface area contributed by atoms with Crippen LogP contribution in [0.5, 0.6) is 11.5 Å². The van der Waals surface area contributed by atoms with E-state index in [9.17, 15) is 9.18 Å². The number of para-hydroxylation sites is 1. The van der Waals surface area contributed by atoms with Crippen molar-refractivity contribution in [3.8, 4) is 11.5 Å². The van der Waals surface area contributed by atoms with Gasteiger partial charge in [-0.3, -0.25) is 4.79 Å². The predicted molar refractivity (Wildman–Crippen MR) is 110 cm³/mol. The summed E-state index contributed by atoms with van der Waals surface area (Å²) in [6, 6.07) is 7.85. The molecule has 1 saturated heterocycles. The molecule has 0 unspecified atom stereocenters. The molecule has 3 rings (SSSR count). The molecule has 1 N–H and O–H groups in total. The van der Waals surface area contributed by atoms with E-state index in [1.54, 1.807) is 12.1 Å². The lowest BCUT2D eigenvalue weighted by Crippen LogP contribution is -2.22. The number of carbonyl (C=O) groups is 1. The molecule has 0 aliphatic carbocycles. The van der Waals surface area contributed by atoms with Gasteiger partial charge in [0.25, 0.3) is 5.91 Å². The van der Waals surface area contributed by atoms with Crippen LogP contribution in [-0.4, -0.2) is 32.7 Å². The van der Waals surface area contributed by atoms with Crippen LogP contribution in [-0.2, 0) is 0 Å². The Kier molecular flexibility index (Phi) is 6.62. The standard InChI is InChI=1S/C21H24ClFN2O3/c1-3-11-28-20-15(22)12-14(13-18(20)27-2)21(26)24-19-16(23)7-6-8-17(19)25-9-4-5-10-25/h6-8,12-13H,3-5,9-11H2,1-2H3,(H,24,26). The van der Waals surface area contributed by atoms with Crippen LogP contribution in [0, 0.1) is 5.82 Å². The second-order valence-electron chi connectivity index (χ2n) is 6.62. The molecule has 5 nitrogen and oxygen atoms in total. The smallest absolute Gasteiger partial charge is 0.255 e. The number of nitrogens with zero attached hydrogens (tertiary/aromatic N) is 1. The minimum atomic E-state index is -0.473. The summed E-state index contributed by atoms with van der Waals surface area (Å²) >= 11 is 6.29.